The molecule has 2 amide bonds. The summed E-state index contributed by atoms with van der Waals surface area (Å²) in [5.74, 6) is -1.21. The van der Waals surface area contributed by atoms with Gasteiger partial charge in [0.1, 0.15) is 5.60 Å². The van der Waals surface area contributed by atoms with Gasteiger partial charge >= 0.3 is 6.18 Å². The van der Waals surface area contributed by atoms with Gasteiger partial charge in [-0.05, 0) is 69.9 Å². The molecule has 1 aliphatic carbocycles. The van der Waals surface area contributed by atoms with Gasteiger partial charge in [0, 0.05) is 37.0 Å². The fourth-order valence-corrected chi connectivity index (χ4v) is 5.48. The second-order valence-corrected chi connectivity index (χ2v) is 10.3. The zero-order valence-electron chi connectivity index (χ0n) is 22.1. The number of aromatic nitrogens is 1. The zero-order chi connectivity index (χ0) is 28.2. The number of aryl methyl sites for hydroxylation is 1. The molecule has 11 heteroatoms. The molecule has 0 radical (unpaired) electrons. The number of aliphatic hydroxyl groups is 1. The topological polar surface area (TPSA) is 104 Å². The van der Waals surface area contributed by atoms with Gasteiger partial charge in [-0.15, -0.1) is 0 Å². The second kappa shape index (κ2) is 12.0. The third-order valence-corrected chi connectivity index (χ3v) is 7.55. The Morgan fingerprint density at radius 1 is 1.15 bits per heavy atom. The molecule has 0 unspecified atom stereocenters. The molecule has 2 aromatic rings. The number of nitrogens with one attached hydrogen (secondary N) is 2. The lowest BCUT2D eigenvalue weighted by Crippen LogP contribution is -2.48. The molecule has 1 aromatic carbocycles. The molecule has 2 aliphatic rings. The summed E-state index contributed by atoms with van der Waals surface area (Å²) in [5.41, 5.74) is -0.484. The number of carbonyl (C=O) groups excluding carboxylic acids is 2. The predicted octanol–water partition coefficient (Wildman–Crippen LogP) is 3.17. The molecule has 8 nitrogen and oxygen atoms in total. The van der Waals surface area contributed by atoms with Crippen molar-refractivity contribution in [3.05, 3.63) is 65.0 Å². The van der Waals surface area contributed by atoms with Crippen LogP contribution >= 0.6 is 0 Å². The molecule has 4 rings (SSSR count). The van der Waals surface area contributed by atoms with Crippen LogP contribution in [0.3, 0.4) is 0 Å². The molecular weight excluding hydrogens is 513 g/mol. The fourth-order valence-electron chi connectivity index (χ4n) is 5.48. The molecule has 212 valence electrons. The van der Waals surface area contributed by atoms with E-state index in [1.54, 1.807) is 0 Å². The highest BCUT2D eigenvalue weighted by atomic mass is 19.4. The standard InChI is InChI=1S/C28H35F3N4O4/c1-3-39-23-17-35(21-10-12-27(38,13-11-21)24-9-4-6-18(2)33-24)16-22(23)34-25(36)15-32-26(37)19-7-5-8-20(14-19)28(29,30)31/h4-9,14,21-23,38H,3,10-13,15-17H2,1-2H3,(H,32,37)(H,34,36)/t21?,22-,23-,27?/m0/s1. The quantitative estimate of drug-likeness (QED) is 0.468. The van der Waals surface area contributed by atoms with Gasteiger partial charge in [-0.25, -0.2) is 0 Å². The monoisotopic (exact) mass is 548 g/mol. The van der Waals surface area contributed by atoms with E-state index in [9.17, 15) is 27.9 Å². The van der Waals surface area contributed by atoms with E-state index in [1.165, 1.54) is 6.07 Å². The molecule has 1 aromatic heterocycles. The number of alkyl halides is 3. The van der Waals surface area contributed by atoms with E-state index >= 15 is 0 Å². The summed E-state index contributed by atoms with van der Waals surface area (Å²) in [5, 5.41) is 16.5. The normalized spacial score (nSPS) is 25.8. The van der Waals surface area contributed by atoms with E-state index in [1.807, 2.05) is 32.0 Å². The number of benzene rings is 1. The van der Waals surface area contributed by atoms with Crippen LogP contribution in [0, 0.1) is 6.92 Å². The lowest BCUT2D eigenvalue weighted by atomic mass is 9.79. The Bertz CT molecular complexity index is 1170. The summed E-state index contributed by atoms with van der Waals surface area (Å²) in [6.45, 7) is 5.07. The van der Waals surface area contributed by atoms with Gasteiger partial charge in [0.25, 0.3) is 5.91 Å². The third kappa shape index (κ3) is 7.14. The van der Waals surface area contributed by atoms with Crippen LogP contribution in [0.4, 0.5) is 13.2 Å². The summed E-state index contributed by atoms with van der Waals surface area (Å²) in [6.07, 6.45) is -2.08. The largest absolute Gasteiger partial charge is 0.416 e. The van der Waals surface area contributed by atoms with Crippen LogP contribution in [0.25, 0.3) is 0 Å². The maximum absolute atomic E-state index is 12.9. The summed E-state index contributed by atoms with van der Waals surface area (Å²) < 4.78 is 44.7. The molecule has 3 N–H and O–H groups in total. The number of nitrogens with zero attached hydrogens (tertiary/aromatic N) is 2. The van der Waals surface area contributed by atoms with E-state index in [2.05, 4.69) is 20.5 Å². The van der Waals surface area contributed by atoms with Crippen molar-refractivity contribution in [2.24, 2.45) is 0 Å². The molecular formula is C28H35F3N4O4. The number of hydrogen-bond acceptors (Lipinski definition) is 6. The Labute approximate surface area is 225 Å². The van der Waals surface area contributed by atoms with Gasteiger partial charge in [0.2, 0.25) is 5.91 Å². The van der Waals surface area contributed by atoms with Crippen molar-refractivity contribution in [2.75, 3.05) is 26.2 Å². The number of carbonyl (C=O) groups is 2. The highest BCUT2D eigenvalue weighted by Crippen LogP contribution is 2.38. The van der Waals surface area contributed by atoms with Gasteiger partial charge in [0.05, 0.1) is 29.9 Å². The van der Waals surface area contributed by atoms with Gasteiger partial charge in [-0.3, -0.25) is 19.5 Å². The molecule has 2 fully saturated rings. The lowest BCUT2D eigenvalue weighted by molar-refractivity contribution is -0.137. The average Bonchev–Trinajstić information content (AvgIpc) is 3.29. The SMILES string of the molecule is CCO[C@H]1CN(C2CCC(O)(c3cccc(C)n3)CC2)C[C@@H]1NC(=O)CNC(=O)c1cccc(C(F)(F)F)c1. The number of halogens is 3. The number of likely N-dealkylation sites (tertiary alicyclic amines) is 1. The fraction of sp³-hybridized carbons (Fsp3) is 0.536. The number of hydrogen-bond donors (Lipinski definition) is 3. The van der Waals surface area contributed by atoms with Crippen molar-refractivity contribution < 1.29 is 32.6 Å². The molecule has 2 atom stereocenters. The number of pyridine rings is 1. The molecule has 0 bridgehead atoms. The van der Waals surface area contributed by atoms with E-state index in [0.29, 0.717) is 38.2 Å². The van der Waals surface area contributed by atoms with Crippen molar-refractivity contribution in [1.82, 2.24) is 20.5 Å². The highest BCUT2D eigenvalue weighted by Gasteiger charge is 2.42. The first-order valence-corrected chi connectivity index (χ1v) is 13.3. The molecule has 1 saturated carbocycles. The van der Waals surface area contributed by atoms with Crippen LogP contribution in [-0.4, -0.2) is 71.2 Å². The van der Waals surface area contributed by atoms with Crippen LogP contribution in [0.5, 0.6) is 0 Å². The molecule has 39 heavy (non-hydrogen) atoms. The van der Waals surface area contributed by atoms with E-state index < -0.39 is 29.2 Å². The van der Waals surface area contributed by atoms with Crippen LogP contribution in [0.2, 0.25) is 0 Å². The van der Waals surface area contributed by atoms with E-state index in [4.69, 9.17) is 4.74 Å². The second-order valence-electron chi connectivity index (χ2n) is 10.3. The summed E-state index contributed by atoms with van der Waals surface area (Å²) >= 11 is 0. The third-order valence-electron chi connectivity index (χ3n) is 7.55. The Morgan fingerprint density at radius 3 is 2.54 bits per heavy atom. The van der Waals surface area contributed by atoms with Crippen molar-refractivity contribution in [1.29, 1.82) is 0 Å². The Balaban J connectivity index is 1.30. The minimum absolute atomic E-state index is 0.171. The lowest BCUT2D eigenvalue weighted by Gasteiger charge is -2.39. The molecule has 0 spiro atoms. The summed E-state index contributed by atoms with van der Waals surface area (Å²) in [7, 11) is 0. The van der Waals surface area contributed by atoms with Gasteiger partial charge in [-0.2, -0.15) is 13.2 Å². The van der Waals surface area contributed by atoms with Crippen molar-refractivity contribution in [2.45, 2.75) is 69.5 Å². The number of amides is 2. The van der Waals surface area contributed by atoms with Gasteiger partial charge < -0.3 is 20.5 Å². The Hall–Kier alpha value is -3.02. The first-order chi connectivity index (χ1) is 18.5. The first-order valence-electron chi connectivity index (χ1n) is 13.3. The smallest absolute Gasteiger partial charge is 0.384 e. The minimum atomic E-state index is -4.56. The predicted molar refractivity (Wildman–Crippen MR) is 138 cm³/mol. The molecule has 1 saturated heterocycles. The van der Waals surface area contributed by atoms with Gasteiger partial charge in [0.15, 0.2) is 0 Å². The minimum Gasteiger partial charge on any atom is -0.384 e. The first kappa shape index (κ1) is 29.0. The van der Waals surface area contributed by atoms with Crippen LogP contribution < -0.4 is 10.6 Å². The number of rotatable bonds is 8. The van der Waals surface area contributed by atoms with Crippen LogP contribution in [-0.2, 0) is 21.3 Å². The molecule has 2 heterocycles. The Morgan fingerprint density at radius 2 is 1.87 bits per heavy atom. The van der Waals surface area contributed by atoms with E-state index in [0.717, 1.165) is 36.7 Å². The maximum atomic E-state index is 12.9. The van der Waals surface area contributed by atoms with Crippen LogP contribution in [0.15, 0.2) is 42.5 Å². The summed E-state index contributed by atoms with van der Waals surface area (Å²) in [4.78, 5) is 31.8. The Kier molecular flexibility index (Phi) is 8.93. The van der Waals surface area contributed by atoms with Crippen molar-refractivity contribution in [3.8, 4) is 0 Å². The molecule has 1 aliphatic heterocycles. The zero-order valence-corrected chi connectivity index (χ0v) is 22.1. The number of ether oxygens (including phenoxy) is 1. The van der Waals surface area contributed by atoms with Crippen molar-refractivity contribution in [3.63, 3.8) is 0 Å². The van der Waals surface area contributed by atoms with Crippen LogP contribution in [0.1, 0.15) is 59.9 Å². The van der Waals surface area contributed by atoms with Gasteiger partial charge in [-0.1, -0.05) is 12.1 Å². The van der Waals surface area contributed by atoms with Crippen molar-refractivity contribution >= 4 is 11.8 Å². The highest BCUT2D eigenvalue weighted by molar-refractivity contribution is 5.96. The summed E-state index contributed by atoms with van der Waals surface area (Å²) in [6, 6.07) is 9.66. The maximum Gasteiger partial charge on any atom is 0.416 e. The van der Waals surface area contributed by atoms with E-state index in [-0.39, 0.29) is 30.3 Å². The average molecular weight is 549 g/mol.